The molecule has 0 spiro atoms. The van der Waals surface area contributed by atoms with Crippen molar-refractivity contribution < 1.29 is 4.74 Å². The molecule has 1 aliphatic carbocycles. The lowest BCUT2D eigenvalue weighted by molar-refractivity contribution is 0.122. The summed E-state index contributed by atoms with van der Waals surface area (Å²) in [5.74, 6) is 0. The van der Waals surface area contributed by atoms with Gasteiger partial charge in [0.25, 0.3) is 0 Å². The van der Waals surface area contributed by atoms with Crippen molar-refractivity contribution in [3.05, 3.63) is 10.6 Å². The van der Waals surface area contributed by atoms with Crippen molar-refractivity contribution in [2.24, 2.45) is 0 Å². The Labute approximate surface area is 119 Å². The summed E-state index contributed by atoms with van der Waals surface area (Å²) < 4.78 is 5.42. The van der Waals surface area contributed by atoms with Crippen LogP contribution in [-0.2, 0) is 11.2 Å². The van der Waals surface area contributed by atoms with Crippen LogP contribution in [-0.4, -0.2) is 37.8 Å². The number of rotatable bonds is 4. The molecule has 1 aromatic rings. The highest BCUT2D eigenvalue weighted by Crippen LogP contribution is 2.37. The Morgan fingerprint density at radius 1 is 1.42 bits per heavy atom. The Balaban J connectivity index is 1.76. The molecule has 1 aliphatic heterocycles. The van der Waals surface area contributed by atoms with E-state index in [1.807, 2.05) is 11.3 Å². The molecule has 3 rings (SSSR count). The molecule has 0 saturated carbocycles. The Hall–Kier alpha value is -0.650. The van der Waals surface area contributed by atoms with Gasteiger partial charge in [0, 0.05) is 24.0 Å². The molecular weight excluding hydrogens is 258 g/mol. The maximum Gasteiger partial charge on any atom is 0.185 e. The number of nitrogens with zero attached hydrogens (tertiary/aromatic N) is 2. The highest BCUT2D eigenvalue weighted by atomic mass is 32.1. The maximum absolute atomic E-state index is 5.42. The SMILES string of the molecule is CCCNC1CCCc2nc(N3CCOCC3)sc21. The molecule has 2 heterocycles. The number of hydrogen-bond acceptors (Lipinski definition) is 5. The van der Waals surface area contributed by atoms with Gasteiger partial charge in [-0.3, -0.25) is 0 Å². The molecule has 1 N–H and O–H groups in total. The average Bonchev–Trinajstić information content (AvgIpc) is 2.90. The number of hydrogen-bond donors (Lipinski definition) is 1. The van der Waals surface area contributed by atoms with Crippen LogP contribution in [0.5, 0.6) is 0 Å². The molecule has 1 atom stereocenters. The third-order valence-electron chi connectivity index (χ3n) is 3.86. The van der Waals surface area contributed by atoms with E-state index >= 15 is 0 Å². The summed E-state index contributed by atoms with van der Waals surface area (Å²) in [6.07, 6.45) is 4.87. The molecule has 2 aliphatic rings. The van der Waals surface area contributed by atoms with Crippen molar-refractivity contribution in [3.8, 4) is 0 Å². The van der Waals surface area contributed by atoms with Crippen LogP contribution in [0.3, 0.4) is 0 Å². The van der Waals surface area contributed by atoms with Gasteiger partial charge in [-0.2, -0.15) is 0 Å². The van der Waals surface area contributed by atoms with Gasteiger partial charge in [0.2, 0.25) is 0 Å². The first-order valence-electron chi connectivity index (χ1n) is 7.44. The standard InChI is InChI=1S/C14H23N3OS/c1-2-6-15-11-4-3-5-12-13(11)19-14(16-12)17-7-9-18-10-8-17/h11,15H,2-10H2,1H3. The van der Waals surface area contributed by atoms with E-state index in [9.17, 15) is 0 Å². The van der Waals surface area contributed by atoms with Gasteiger partial charge in [0.05, 0.1) is 18.9 Å². The fraction of sp³-hybridized carbons (Fsp3) is 0.786. The Morgan fingerprint density at radius 3 is 3.05 bits per heavy atom. The minimum Gasteiger partial charge on any atom is -0.378 e. The first-order chi connectivity index (χ1) is 9.38. The van der Waals surface area contributed by atoms with Crippen molar-refractivity contribution in [1.82, 2.24) is 10.3 Å². The molecule has 5 heteroatoms. The van der Waals surface area contributed by atoms with E-state index in [0.717, 1.165) is 39.3 Å². The number of aryl methyl sites for hydroxylation is 1. The number of morpholine rings is 1. The number of anilines is 1. The van der Waals surface area contributed by atoms with Crippen molar-refractivity contribution >= 4 is 16.5 Å². The van der Waals surface area contributed by atoms with Crippen LogP contribution in [0.4, 0.5) is 5.13 Å². The third kappa shape index (κ3) is 2.93. The van der Waals surface area contributed by atoms with Crippen LogP contribution in [0.25, 0.3) is 0 Å². The molecule has 1 saturated heterocycles. The zero-order chi connectivity index (χ0) is 13.1. The number of thiazole rings is 1. The van der Waals surface area contributed by atoms with E-state index in [1.165, 1.54) is 35.0 Å². The van der Waals surface area contributed by atoms with Crippen molar-refractivity contribution in [2.45, 2.75) is 38.6 Å². The normalized spacial score (nSPS) is 23.4. The quantitative estimate of drug-likeness (QED) is 0.919. The van der Waals surface area contributed by atoms with Crippen molar-refractivity contribution in [3.63, 3.8) is 0 Å². The highest BCUT2D eigenvalue weighted by molar-refractivity contribution is 7.15. The smallest absolute Gasteiger partial charge is 0.185 e. The molecule has 0 amide bonds. The molecule has 1 fully saturated rings. The largest absolute Gasteiger partial charge is 0.378 e. The molecule has 19 heavy (non-hydrogen) atoms. The first kappa shape index (κ1) is 13.3. The van der Waals surface area contributed by atoms with Gasteiger partial charge in [-0.1, -0.05) is 18.3 Å². The van der Waals surface area contributed by atoms with Gasteiger partial charge in [-0.15, -0.1) is 0 Å². The lowest BCUT2D eigenvalue weighted by Crippen LogP contribution is -2.36. The minimum absolute atomic E-state index is 0.538. The number of ether oxygens (including phenoxy) is 1. The lowest BCUT2D eigenvalue weighted by Gasteiger charge is -2.26. The molecular formula is C14H23N3OS. The van der Waals surface area contributed by atoms with Crippen LogP contribution in [0, 0.1) is 0 Å². The fourth-order valence-electron chi connectivity index (χ4n) is 2.81. The van der Waals surface area contributed by atoms with Crippen LogP contribution >= 0.6 is 11.3 Å². The van der Waals surface area contributed by atoms with Gasteiger partial charge in [-0.05, 0) is 32.2 Å². The monoisotopic (exact) mass is 281 g/mol. The topological polar surface area (TPSA) is 37.4 Å². The number of aromatic nitrogens is 1. The molecule has 1 aromatic heterocycles. The van der Waals surface area contributed by atoms with Gasteiger partial charge < -0.3 is 15.0 Å². The van der Waals surface area contributed by atoms with E-state index in [0.29, 0.717) is 6.04 Å². The third-order valence-corrected chi connectivity index (χ3v) is 5.13. The molecule has 0 bridgehead atoms. The van der Waals surface area contributed by atoms with Crippen molar-refractivity contribution in [2.75, 3.05) is 37.7 Å². The van der Waals surface area contributed by atoms with E-state index in [1.54, 1.807) is 0 Å². The van der Waals surface area contributed by atoms with Gasteiger partial charge in [-0.25, -0.2) is 4.98 Å². The molecule has 0 radical (unpaired) electrons. The summed E-state index contributed by atoms with van der Waals surface area (Å²) in [6, 6.07) is 0.538. The number of fused-ring (bicyclic) bond motifs is 1. The lowest BCUT2D eigenvalue weighted by atomic mass is 9.98. The van der Waals surface area contributed by atoms with Crippen LogP contribution < -0.4 is 10.2 Å². The Bertz CT molecular complexity index is 415. The Morgan fingerprint density at radius 2 is 2.26 bits per heavy atom. The summed E-state index contributed by atoms with van der Waals surface area (Å²) in [6.45, 7) is 6.97. The molecule has 1 unspecified atom stereocenters. The average molecular weight is 281 g/mol. The Kier molecular flexibility index (Phi) is 4.35. The van der Waals surface area contributed by atoms with Crippen LogP contribution in [0.2, 0.25) is 0 Å². The predicted molar refractivity (Wildman–Crippen MR) is 79.1 cm³/mol. The second kappa shape index (κ2) is 6.20. The van der Waals surface area contributed by atoms with Gasteiger partial charge in [0.1, 0.15) is 0 Å². The summed E-state index contributed by atoms with van der Waals surface area (Å²) in [7, 11) is 0. The fourth-order valence-corrected chi connectivity index (χ4v) is 4.08. The second-order valence-electron chi connectivity index (χ2n) is 5.31. The summed E-state index contributed by atoms with van der Waals surface area (Å²) in [4.78, 5) is 8.75. The molecule has 106 valence electrons. The molecule has 0 aromatic carbocycles. The van der Waals surface area contributed by atoms with E-state index in [-0.39, 0.29) is 0 Å². The first-order valence-corrected chi connectivity index (χ1v) is 8.26. The predicted octanol–water partition coefficient (Wildman–Crippen LogP) is 2.36. The van der Waals surface area contributed by atoms with Gasteiger partial charge in [0.15, 0.2) is 5.13 Å². The highest BCUT2D eigenvalue weighted by Gasteiger charge is 2.26. The van der Waals surface area contributed by atoms with E-state index in [2.05, 4.69) is 17.1 Å². The van der Waals surface area contributed by atoms with Gasteiger partial charge >= 0.3 is 0 Å². The zero-order valence-corrected chi connectivity index (χ0v) is 12.5. The summed E-state index contributed by atoms with van der Waals surface area (Å²) in [5.41, 5.74) is 1.34. The number of nitrogens with one attached hydrogen (secondary N) is 1. The molecule has 4 nitrogen and oxygen atoms in total. The zero-order valence-electron chi connectivity index (χ0n) is 11.7. The summed E-state index contributed by atoms with van der Waals surface area (Å²) in [5, 5.41) is 4.88. The summed E-state index contributed by atoms with van der Waals surface area (Å²) >= 11 is 1.90. The van der Waals surface area contributed by atoms with Crippen LogP contribution in [0.15, 0.2) is 0 Å². The minimum atomic E-state index is 0.538. The van der Waals surface area contributed by atoms with E-state index < -0.39 is 0 Å². The van der Waals surface area contributed by atoms with E-state index in [4.69, 9.17) is 9.72 Å². The maximum atomic E-state index is 5.42. The van der Waals surface area contributed by atoms with Crippen LogP contribution in [0.1, 0.15) is 42.8 Å². The van der Waals surface area contributed by atoms with Crippen molar-refractivity contribution in [1.29, 1.82) is 0 Å². The second-order valence-corrected chi connectivity index (χ2v) is 6.31.